The first-order valence-corrected chi connectivity index (χ1v) is 10.9. The smallest absolute Gasteiger partial charge is 0.310 e. The number of thiazole rings is 1. The third-order valence-corrected chi connectivity index (χ3v) is 5.72. The molecule has 1 N–H and O–H groups in total. The summed E-state index contributed by atoms with van der Waals surface area (Å²) in [4.78, 5) is 28.9. The highest BCUT2D eigenvalue weighted by atomic mass is 32.1. The van der Waals surface area contributed by atoms with Crippen LogP contribution in [0.15, 0.2) is 58.5 Å². The van der Waals surface area contributed by atoms with Gasteiger partial charge in [0.05, 0.1) is 31.9 Å². The zero-order valence-electron chi connectivity index (χ0n) is 17.7. The van der Waals surface area contributed by atoms with Gasteiger partial charge < -0.3 is 19.2 Å². The van der Waals surface area contributed by atoms with Gasteiger partial charge in [0.1, 0.15) is 22.9 Å². The first kappa shape index (κ1) is 21.6. The Morgan fingerprint density at radius 3 is 2.72 bits per heavy atom. The number of ether oxygens (including phenoxy) is 2. The number of amides is 1. The van der Waals surface area contributed by atoms with E-state index in [1.807, 2.05) is 43.3 Å². The van der Waals surface area contributed by atoms with Crippen molar-refractivity contribution in [2.75, 3.05) is 12.4 Å². The van der Waals surface area contributed by atoms with Crippen LogP contribution in [0.4, 0.5) is 5.69 Å². The summed E-state index contributed by atoms with van der Waals surface area (Å²) in [5.41, 5.74) is 3.89. The Morgan fingerprint density at radius 2 is 1.94 bits per heavy atom. The van der Waals surface area contributed by atoms with E-state index in [-0.39, 0.29) is 31.3 Å². The minimum absolute atomic E-state index is 0.0541. The number of rotatable bonds is 8. The molecule has 2 heterocycles. The molecule has 1 amide bonds. The van der Waals surface area contributed by atoms with E-state index in [2.05, 4.69) is 10.3 Å². The normalized spacial score (nSPS) is 10.8. The van der Waals surface area contributed by atoms with Crippen LogP contribution in [0.5, 0.6) is 5.75 Å². The molecule has 4 rings (SSSR count). The van der Waals surface area contributed by atoms with Crippen LogP contribution in [0, 0.1) is 6.92 Å². The molecule has 8 heteroatoms. The molecule has 0 aliphatic carbocycles. The summed E-state index contributed by atoms with van der Waals surface area (Å²) in [6.45, 7) is 2.04. The number of esters is 1. The van der Waals surface area contributed by atoms with E-state index in [4.69, 9.17) is 13.9 Å². The first-order valence-electron chi connectivity index (χ1n) is 9.99. The van der Waals surface area contributed by atoms with E-state index in [1.54, 1.807) is 24.8 Å². The molecule has 0 fully saturated rings. The molecule has 0 radical (unpaired) electrons. The van der Waals surface area contributed by atoms with Crippen molar-refractivity contribution < 1.29 is 23.5 Å². The molecule has 0 atom stereocenters. The van der Waals surface area contributed by atoms with Gasteiger partial charge in [0, 0.05) is 28.1 Å². The van der Waals surface area contributed by atoms with Crippen molar-refractivity contribution in [1.82, 2.24) is 4.98 Å². The second-order valence-corrected chi connectivity index (χ2v) is 8.23. The van der Waals surface area contributed by atoms with Gasteiger partial charge in [0.15, 0.2) is 0 Å². The summed E-state index contributed by atoms with van der Waals surface area (Å²) in [5.74, 6) is 0.165. The van der Waals surface area contributed by atoms with Gasteiger partial charge in [-0.2, -0.15) is 0 Å². The molecule has 0 spiro atoms. The van der Waals surface area contributed by atoms with Gasteiger partial charge in [0.2, 0.25) is 5.91 Å². The lowest BCUT2D eigenvalue weighted by Gasteiger charge is -2.04. The number of hydrogen-bond acceptors (Lipinski definition) is 7. The lowest BCUT2D eigenvalue weighted by molar-refractivity contribution is -0.144. The molecule has 2 aromatic heterocycles. The predicted octanol–water partition coefficient (Wildman–Crippen LogP) is 4.67. The van der Waals surface area contributed by atoms with E-state index >= 15 is 0 Å². The number of carbonyl (C=O) groups is 2. The maximum absolute atomic E-state index is 12.3. The Kier molecular flexibility index (Phi) is 6.51. The highest BCUT2D eigenvalue weighted by Gasteiger charge is 2.14. The fraction of sp³-hybridized carbons (Fsp3) is 0.208. The second-order valence-electron chi connectivity index (χ2n) is 7.28. The van der Waals surface area contributed by atoms with Crippen LogP contribution in [-0.2, 0) is 33.8 Å². The lowest BCUT2D eigenvalue weighted by atomic mass is 10.1. The highest BCUT2D eigenvalue weighted by Crippen LogP contribution is 2.26. The molecule has 164 valence electrons. The molecule has 7 nitrogen and oxygen atoms in total. The third-order valence-electron chi connectivity index (χ3n) is 4.83. The molecule has 4 aromatic rings. The number of nitrogens with one attached hydrogen (secondary N) is 1. The van der Waals surface area contributed by atoms with Crippen molar-refractivity contribution >= 4 is 39.9 Å². The first-order chi connectivity index (χ1) is 15.5. The van der Waals surface area contributed by atoms with Gasteiger partial charge in [-0.1, -0.05) is 17.7 Å². The number of aryl methyl sites for hydroxylation is 1. The molecule has 0 bridgehead atoms. The van der Waals surface area contributed by atoms with Crippen LogP contribution in [0.3, 0.4) is 0 Å². The fourth-order valence-corrected chi connectivity index (χ4v) is 3.94. The number of anilines is 1. The topological polar surface area (TPSA) is 90.7 Å². The van der Waals surface area contributed by atoms with Crippen molar-refractivity contribution in [2.45, 2.75) is 26.4 Å². The Balaban J connectivity index is 1.28. The van der Waals surface area contributed by atoms with Gasteiger partial charge in [-0.25, -0.2) is 4.98 Å². The van der Waals surface area contributed by atoms with Crippen molar-refractivity contribution in [3.8, 4) is 5.75 Å². The number of hydrogen-bond donors (Lipinski definition) is 1. The summed E-state index contributed by atoms with van der Waals surface area (Å²) >= 11 is 1.36. The minimum atomic E-state index is -0.379. The monoisotopic (exact) mass is 450 g/mol. The molecule has 32 heavy (non-hydrogen) atoms. The Morgan fingerprint density at radius 1 is 1.12 bits per heavy atom. The lowest BCUT2D eigenvalue weighted by Crippen LogP contribution is -2.14. The summed E-state index contributed by atoms with van der Waals surface area (Å²) in [6.07, 6.45) is 1.81. The number of benzene rings is 2. The number of aromatic nitrogens is 1. The van der Waals surface area contributed by atoms with Crippen LogP contribution in [0.25, 0.3) is 11.0 Å². The Labute approximate surface area is 189 Å². The van der Waals surface area contributed by atoms with E-state index < -0.39 is 0 Å². The molecule has 2 aromatic carbocycles. The number of fused-ring (bicyclic) bond motifs is 1. The summed E-state index contributed by atoms with van der Waals surface area (Å²) in [7, 11) is 1.59. The molecule has 0 unspecified atom stereocenters. The predicted molar refractivity (Wildman–Crippen MR) is 122 cm³/mol. The molecule has 0 saturated heterocycles. The Bertz CT molecular complexity index is 1240. The average Bonchev–Trinajstić information content (AvgIpc) is 3.40. The summed E-state index contributed by atoms with van der Waals surface area (Å²) in [5, 5.41) is 6.15. The number of carbonyl (C=O) groups excluding carboxylic acids is 2. The van der Waals surface area contributed by atoms with Crippen LogP contribution < -0.4 is 10.1 Å². The maximum atomic E-state index is 12.3. The SMILES string of the molecule is COc1ccc2c(CC(=O)OCc3csc(CC(=O)Nc4ccc(C)cc4)n3)coc2c1. The fourth-order valence-electron chi connectivity index (χ4n) is 3.16. The van der Waals surface area contributed by atoms with Gasteiger partial charge in [-0.05, 0) is 31.2 Å². The zero-order chi connectivity index (χ0) is 22.5. The largest absolute Gasteiger partial charge is 0.497 e. The second kappa shape index (κ2) is 9.65. The molecule has 0 aliphatic heterocycles. The van der Waals surface area contributed by atoms with Gasteiger partial charge in [-0.3, -0.25) is 9.59 Å². The van der Waals surface area contributed by atoms with Gasteiger partial charge in [0.25, 0.3) is 0 Å². The standard InChI is InChI=1S/C24H22N2O5S/c1-15-3-5-17(6-4-15)25-22(27)11-23-26-18(14-32-23)13-31-24(28)9-16-12-30-21-10-19(29-2)7-8-20(16)21/h3-8,10,12,14H,9,11,13H2,1-2H3,(H,25,27). The average molecular weight is 451 g/mol. The zero-order valence-corrected chi connectivity index (χ0v) is 18.5. The number of furan rings is 1. The quantitative estimate of drug-likeness (QED) is 0.392. The van der Waals surface area contributed by atoms with Gasteiger partial charge >= 0.3 is 5.97 Å². The van der Waals surface area contributed by atoms with Crippen LogP contribution >= 0.6 is 11.3 Å². The van der Waals surface area contributed by atoms with Crippen LogP contribution in [-0.4, -0.2) is 24.0 Å². The molecule has 0 aliphatic rings. The van der Waals surface area contributed by atoms with Gasteiger partial charge in [-0.15, -0.1) is 11.3 Å². The molecular formula is C24H22N2O5S. The van der Waals surface area contributed by atoms with E-state index in [1.165, 1.54) is 11.3 Å². The third kappa shape index (κ3) is 5.33. The molecule has 0 saturated carbocycles. The summed E-state index contributed by atoms with van der Waals surface area (Å²) in [6, 6.07) is 13.0. The van der Waals surface area contributed by atoms with Crippen molar-refractivity contribution in [2.24, 2.45) is 0 Å². The Hall–Kier alpha value is -3.65. The van der Waals surface area contributed by atoms with Crippen molar-refractivity contribution in [1.29, 1.82) is 0 Å². The van der Waals surface area contributed by atoms with E-state index in [9.17, 15) is 9.59 Å². The van der Waals surface area contributed by atoms with E-state index in [0.717, 1.165) is 22.2 Å². The maximum Gasteiger partial charge on any atom is 0.310 e. The minimum Gasteiger partial charge on any atom is -0.497 e. The number of methoxy groups -OCH3 is 1. The van der Waals surface area contributed by atoms with Crippen molar-refractivity contribution in [3.05, 3.63) is 75.9 Å². The molecular weight excluding hydrogens is 428 g/mol. The van der Waals surface area contributed by atoms with Crippen LogP contribution in [0.2, 0.25) is 0 Å². The van der Waals surface area contributed by atoms with E-state index in [0.29, 0.717) is 22.0 Å². The number of nitrogens with zero attached hydrogens (tertiary/aromatic N) is 1. The highest BCUT2D eigenvalue weighted by molar-refractivity contribution is 7.09. The van der Waals surface area contributed by atoms with Crippen molar-refractivity contribution in [3.63, 3.8) is 0 Å². The summed E-state index contributed by atoms with van der Waals surface area (Å²) < 4.78 is 16.0. The van der Waals surface area contributed by atoms with Crippen LogP contribution in [0.1, 0.15) is 21.8 Å².